The highest BCUT2D eigenvalue weighted by Gasteiger charge is 2.10. The van der Waals surface area contributed by atoms with Crippen LogP contribution in [0.15, 0.2) is 12.2 Å². The van der Waals surface area contributed by atoms with E-state index >= 15 is 0 Å². The summed E-state index contributed by atoms with van der Waals surface area (Å²) >= 11 is 0. The van der Waals surface area contributed by atoms with Gasteiger partial charge in [-0.05, 0) is 45.7 Å². The van der Waals surface area contributed by atoms with Gasteiger partial charge in [0.15, 0.2) is 0 Å². The minimum Gasteiger partial charge on any atom is -0.318 e. The van der Waals surface area contributed by atoms with Gasteiger partial charge in [-0.1, -0.05) is 12.2 Å². The van der Waals surface area contributed by atoms with Crippen LogP contribution in [0.3, 0.4) is 0 Å². The Labute approximate surface area is 81.8 Å². The largest absolute Gasteiger partial charge is 0.318 e. The van der Waals surface area contributed by atoms with E-state index in [1.165, 1.54) is 25.8 Å². The van der Waals surface area contributed by atoms with Crippen LogP contribution in [0.5, 0.6) is 0 Å². The summed E-state index contributed by atoms with van der Waals surface area (Å²) < 4.78 is 0. The van der Waals surface area contributed by atoms with Gasteiger partial charge in [-0.2, -0.15) is 0 Å². The number of likely N-dealkylation sites (N-methyl/N-ethyl adjacent to an activating group) is 1. The van der Waals surface area contributed by atoms with Crippen LogP contribution in [0.25, 0.3) is 0 Å². The molecule has 2 heteroatoms. The lowest BCUT2D eigenvalue weighted by Gasteiger charge is -2.21. The highest BCUT2D eigenvalue weighted by Crippen LogP contribution is 2.16. The smallest absolute Gasteiger partial charge is 0.0164 e. The second-order valence-corrected chi connectivity index (χ2v) is 4.02. The van der Waals surface area contributed by atoms with Crippen molar-refractivity contribution in [3.63, 3.8) is 0 Å². The molecule has 0 fully saturated rings. The number of hydrogen-bond donors (Lipinski definition) is 2. The first-order valence-electron chi connectivity index (χ1n) is 5.36. The fourth-order valence-corrected chi connectivity index (χ4v) is 1.79. The quantitative estimate of drug-likeness (QED) is 0.630. The van der Waals surface area contributed by atoms with Crippen molar-refractivity contribution in [3.05, 3.63) is 12.2 Å². The molecule has 2 atom stereocenters. The minimum atomic E-state index is 0.593. The van der Waals surface area contributed by atoms with Crippen LogP contribution >= 0.6 is 0 Å². The topological polar surface area (TPSA) is 24.1 Å². The first-order chi connectivity index (χ1) is 6.33. The summed E-state index contributed by atoms with van der Waals surface area (Å²) in [6.45, 7) is 4.46. The van der Waals surface area contributed by atoms with Crippen molar-refractivity contribution < 1.29 is 0 Å². The van der Waals surface area contributed by atoms with Crippen LogP contribution in [0.1, 0.15) is 26.2 Å². The third-order valence-electron chi connectivity index (χ3n) is 2.64. The van der Waals surface area contributed by atoms with E-state index < -0.39 is 0 Å². The molecule has 2 nitrogen and oxygen atoms in total. The van der Waals surface area contributed by atoms with Crippen LogP contribution in [0.4, 0.5) is 0 Å². The van der Waals surface area contributed by atoms with Crippen molar-refractivity contribution >= 4 is 0 Å². The zero-order valence-electron chi connectivity index (χ0n) is 8.84. The van der Waals surface area contributed by atoms with Gasteiger partial charge in [0.25, 0.3) is 0 Å². The molecule has 2 N–H and O–H groups in total. The third-order valence-corrected chi connectivity index (χ3v) is 2.64. The molecule has 0 spiro atoms. The minimum absolute atomic E-state index is 0.593. The van der Waals surface area contributed by atoms with E-state index in [0.29, 0.717) is 6.04 Å². The van der Waals surface area contributed by atoms with Crippen molar-refractivity contribution in [3.8, 4) is 0 Å². The maximum absolute atomic E-state index is 3.56. The molecule has 76 valence electrons. The van der Waals surface area contributed by atoms with Gasteiger partial charge in [-0.15, -0.1) is 0 Å². The zero-order chi connectivity index (χ0) is 9.52. The van der Waals surface area contributed by atoms with Gasteiger partial charge in [-0.3, -0.25) is 0 Å². The van der Waals surface area contributed by atoms with E-state index in [0.717, 1.165) is 12.5 Å². The van der Waals surface area contributed by atoms with Crippen molar-refractivity contribution in [2.75, 3.05) is 20.1 Å². The monoisotopic (exact) mass is 182 g/mol. The molecule has 0 heterocycles. The Kier molecular flexibility index (Phi) is 5.09. The van der Waals surface area contributed by atoms with E-state index in [1.807, 2.05) is 7.05 Å². The molecule has 0 saturated heterocycles. The van der Waals surface area contributed by atoms with Crippen molar-refractivity contribution in [2.45, 2.75) is 32.2 Å². The molecule has 13 heavy (non-hydrogen) atoms. The predicted molar refractivity (Wildman–Crippen MR) is 57.9 cm³/mol. The van der Waals surface area contributed by atoms with E-state index in [9.17, 15) is 0 Å². The van der Waals surface area contributed by atoms with E-state index in [-0.39, 0.29) is 0 Å². The van der Waals surface area contributed by atoms with Crippen LogP contribution in [0.2, 0.25) is 0 Å². The molecule has 1 aliphatic rings. The number of allylic oxidation sites excluding steroid dienone is 2. The van der Waals surface area contributed by atoms with Gasteiger partial charge in [0, 0.05) is 12.6 Å². The lowest BCUT2D eigenvalue weighted by molar-refractivity contribution is 0.406. The summed E-state index contributed by atoms with van der Waals surface area (Å²) in [5.74, 6) is 0.865. The fraction of sp³-hybridized carbons (Fsp3) is 0.818. The average Bonchev–Trinajstić information content (AvgIpc) is 2.17. The molecule has 0 aromatic heterocycles. The van der Waals surface area contributed by atoms with Gasteiger partial charge in [0.05, 0.1) is 0 Å². The predicted octanol–water partition coefficient (Wildman–Crippen LogP) is 1.54. The molecule has 0 aromatic carbocycles. The molecule has 0 radical (unpaired) electrons. The highest BCUT2D eigenvalue weighted by molar-refractivity contribution is 4.90. The molecule has 1 rings (SSSR count). The Morgan fingerprint density at radius 2 is 2.31 bits per heavy atom. The molecule has 0 bridgehead atoms. The Morgan fingerprint density at radius 1 is 1.46 bits per heavy atom. The fourth-order valence-electron chi connectivity index (χ4n) is 1.79. The Hall–Kier alpha value is -0.340. The van der Waals surface area contributed by atoms with E-state index in [1.54, 1.807) is 0 Å². The second-order valence-electron chi connectivity index (χ2n) is 4.02. The van der Waals surface area contributed by atoms with Gasteiger partial charge in [0.2, 0.25) is 0 Å². The maximum Gasteiger partial charge on any atom is 0.0164 e. The molecule has 1 aliphatic carbocycles. The van der Waals surface area contributed by atoms with Crippen LogP contribution in [0, 0.1) is 5.92 Å². The molecule has 0 amide bonds. The average molecular weight is 182 g/mol. The van der Waals surface area contributed by atoms with Crippen LogP contribution in [-0.4, -0.2) is 26.2 Å². The van der Waals surface area contributed by atoms with Gasteiger partial charge >= 0.3 is 0 Å². The Balaban J connectivity index is 2.07. The maximum atomic E-state index is 3.56. The summed E-state index contributed by atoms with van der Waals surface area (Å²) in [5.41, 5.74) is 0. The van der Waals surface area contributed by atoms with Crippen molar-refractivity contribution in [1.29, 1.82) is 0 Å². The van der Waals surface area contributed by atoms with E-state index in [4.69, 9.17) is 0 Å². The SMILES string of the molecule is CNCC(C)NCC1CC=CCC1. The van der Waals surface area contributed by atoms with Crippen LogP contribution < -0.4 is 10.6 Å². The molecule has 0 aliphatic heterocycles. The molecular formula is C11H22N2. The van der Waals surface area contributed by atoms with Crippen LogP contribution in [-0.2, 0) is 0 Å². The number of hydrogen-bond acceptors (Lipinski definition) is 2. The van der Waals surface area contributed by atoms with Crippen molar-refractivity contribution in [1.82, 2.24) is 10.6 Å². The third kappa shape index (κ3) is 4.44. The second kappa shape index (κ2) is 6.17. The van der Waals surface area contributed by atoms with Gasteiger partial charge in [0.1, 0.15) is 0 Å². The normalized spacial score (nSPS) is 24.6. The highest BCUT2D eigenvalue weighted by atomic mass is 15.0. The molecule has 0 aromatic rings. The van der Waals surface area contributed by atoms with Gasteiger partial charge < -0.3 is 10.6 Å². The summed E-state index contributed by atoms with van der Waals surface area (Å²) in [6.07, 6.45) is 8.51. The summed E-state index contributed by atoms with van der Waals surface area (Å²) in [6, 6.07) is 0.593. The Bertz CT molecular complexity index is 154. The molecule has 0 saturated carbocycles. The molecular weight excluding hydrogens is 160 g/mol. The lowest BCUT2D eigenvalue weighted by atomic mass is 9.94. The number of rotatable bonds is 5. The first kappa shape index (κ1) is 10.7. The van der Waals surface area contributed by atoms with Crippen molar-refractivity contribution in [2.24, 2.45) is 5.92 Å². The zero-order valence-corrected chi connectivity index (χ0v) is 8.84. The lowest BCUT2D eigenvalue weighted by Crippen LogP contribution is -2.37. The van der Waals surface area contributed by atoms with Gasteiger partial charge in [-0.25, -0.2) is 0 Å². The first-order valence-corrected chi connectivity index (χ1v) is 5.36. The van der Waals surface area contributed by atoms with E-state index in [2.05, 4.69) is 29.7 Å². The Morgan fingerprint density at radius 3 is 2.92 bits per heavy atom. The summed E-state index contributed by atoms with van der Waals surface area (Å²) in [5, 5.41) is 6.74. The summed E-state index contributed by atoms with van der Waals surface area (Å²) in [4.78, 5) is 0. The number of nitrogens with one attached hydrogen (secondary N) is 2. The summed E-state index contributed by atoms with van der Waals surface area (Å²) in [7, 11) is 2.00. The molecule has 2 unspecified atom stereocenters. The standard InChI is InChI=1S/C11H22N2/c1-10(8-12-2)13-9-11-6-4-3-5-7-11/h3-4,10-13H,5-9H2,1-2H3.